The number of carboxylic acid groups (broad SMARTS) is 1. The van der Waals surface area contributed by atoms with Crippen molar-refractivity contribution in [3.63, 3.8) is 0 Å². The molecule has 0 fully saturated rings. The Bertz CT molecular complexity index is 199. The molecule has 0 saturated carbocycles. The summed E-state index contributed by atoms with van der Waals surface area (Å²) in [5.74, 6) is -0.255. The highest BCUT2D eigenvalue weighted by molar-refractivity contribution is 8.00. The highest BCUT2D eigenvalue weighted by atomic mass is 32.2. The van der Waals surface area contributed by atoms with Crippen LogP contribution >= 0.6 is 11.8 Å². The summed E-state index contributed by atoms with van der Waals surface area (Å²) < 4.78 is 0. The number of carbonyl (C=O) groups is 1. The number of carboxylic acids is 1. The molecule has 0 radical (unpaired) electrons. The lowest BCUT2D eigenvalue weighted by molar-refractivity contribution is -0.132. The van der Waals surface area contributed by atoms with Crippen LogP contribution in [-0.4, -0.2) is 33.3 Å². The van der Waals surface area contributed by atoms with Crippen molar-refractivity contribution in [2.75, 3.05) is 5.75 Å². The molecule has 0 aliphatic carbocycles. The number of aliphatic hydroxyl groups excluding tert-OH is 1. The Balaban J connectivity index is 3.79. The van der Waals surface area contributed by atoms with Crippen molar-refractivity contribution >= 4 is 17.7 Å². The van der Waals surface area contributed by atoms with Crippen molar-refractivity contribution in [3.05, 3.63) is 11.6 Å². The van der Waals surface area contributed by atoms with Crippen molar-refractivity contribution in [2.45, 2.75) is 32.1 Å². The van der Waals surface area contributed by atoms with Crippen molar-refractivity contribution < 1.29 is 15.0 Å². The van der Waals surface area contributed by atoms with Crippen LogP contribution in [0.25, 0.3) is 0 Å². The van der Waals surface area contributed by atoms with Gasteiger partial charge in [-0.15, -0.1) is 0 Å². The van der Waals surface area contributed by atoms with Gasteiger partial charge in [-0.25, -0.2) is 4.79 Å². The third-order valence-electron chi connectivity index (χ3n) is 1.77. The normalized spacial score (nSPS) is 16.8. The Morgan fingerprint density at radius 3 is 2.46 bits per heavy atom. The maximum atomic E-state index is 10.4. The second kappa shape index (κ2) is 6.05. The van der Waals surface area contributed by atoms with E-state index in [2.05, 4.69) is 0 Å². The Kier molecular flexibility index (Phi) is 5.82. The SMILES string of the molecule is C/C(=C/CSC(C)C(C)O)C(=O)O. The molecule has 0 rings (SSSR count). The molecule has 0 aromatic rings. The summed E-state index contributed by atoms with van der Waals surface area (Å²) >= 11 is 1.54. The van der Waals surface area contributed by atoms with E-state index in [1.165, 1.54) is 0 Å². The van der Waals surface area contributed by atoms with Crippen LogP contribution < -0.4 is 0 Å². The van der Waals surface area contributed by atoms with Crippen LogP contribution in [0.4, 0.5) is 0 Å². The van der Waals surface area contributed by atoms with Crippen molar-refractivity contribution in [1.82, 2.24) is 0 Å². The molecule has 76 valence electrons. The Hall–Kier alpha value is -0.480. The monoisotopic (exact) mass is 204 g/mol. The van der Waals surface area contributed by atoms with Gasteiger partial charge in [-0.1, -0.05) is 13.0 Å². The molecular formula is C9H16O3S. The first kappa shape index (κ1) is 12.5. The van der Waals surface area contributed by atoms with Gasteiger partial charge in [0.25, 0.3) is 0 Å². The predicted molar refractivity (Wildman–Crippen MR) is 55.0 cm³/mol. The minimum absolute atomic E-state index is 0.137. The van der Waals surface area contributed by atoms with Crippen molar-refractivity contribution in [1.29, 1.82) is 0 Å². The van der Waals surface area contributed by atoms with Crippen molar-refractivity contribution in [3.8, 4) is 0 Å². The number of aliphatic hydroxyl groups is 1. The fourth-order valence-electron chi connectivity index (χ4n) is 0.551. The predicted octanol–water partition coefficient (Wildman–Crippen LogP) is 1.52. The zero-order chi connectivity index (χ0) is 10.4. The van der Waals surface area contributed by atoms with E-state index in [1.807, 2.05) is 6.92 Å². The number of aliphatic carboxylic acids is 1. The molecule has 0 aliphatic heterocycles. The average molecular weight is 204 g/mol. The van der Waals surface area contributed by atoms with E-state index in [9.17, 15) is 4.79 Å². The van der Waals surface area contributed by atoms with Gasteiger partial charge < -0.3 is 10.2 Å². The highest BCUT2D eigenvalue weighted by Gasteiger charge is 2.07. The lowest BCUT2D eigenvalue weighted by atomic mass is 10.3. The lowest BCUT2D eigenvalue weighted by Crippen LogP contribution is -2.15. The van der Waals surface area contributed by atoms with E-state index in [-0.39, 0.29) is 11.4 Å². The third-order valence-corrected chi connectivity index (χ3v) is 3.04. The van der Waals surface area contributed by atoms with Gasteiger partial charge in [-0.05, 0) is 13.8 Å². The molecule has 2 unspecified atom stereocenters. The number of hydrogen-bond donors (Lipinski definition) is 2. The zero-order valence-corrected chi connectivity index (χ0v) is 8.97. The molecule has 4 heteroatoms. The van der Waals surface area contributed by atoms with E-state index < -0.39 is 5.97 Å². The Labute approximate surface area is 82.8 Å². The van der Waals surface area contributed by atoms with Crippen LogP contribution in [0.1, 0.15) is 20.8 Å². The first-order valence-electron chi connectivity index (χ1n) is 4.15. The third kappa shape index (κ3) is 5.71. The Morgan fingerprint density at radius 1 is 1.54 bits per heavy atom. The van der Waals surface area contributed by atoms with Crippen LogP contribution in [0.5, 0.6) is 0 Å². The van der Waals surface area contributed by atoms with Crippen LogP contribution in [0.15, 0.2) is 11.6 Å². The van der Waals surface area contributed by atoms with Gasteiger partial charge in [0, 0.05) is 16.6 Å². The zero-order valence-electron chi connectivity index (χ0n) is 8.15. The van der Waals surface area contributed by atoms with Crippen LogP contribution in [0, 0.1) is 0 Å². The molecule has 13 heavy (non-hydrogen) atoms. The molecule has 2 atom stereocenters. The van der Waals surface area contributed by atoms with Gasteiger partial charge in [-0.2, -0.15) is 11.8 Å². The first-order chi connectivity index (χ1) is 5.95. The van der Waals surface area contributed by atoms with Gasteiger partial charge in [0.1, 0.15) is 0 Å². The quantitative estimate of drug-likeness (QED) is 0.667. The maximum Gasteiger partial charge on any atom is 0.330 e. The summed E-state index contributed by atoms with van der Waals surface area (Å²) in [7, 11) is 0. The second-order valence-electron chi connectivity index (χ2n) is 2.97. The number of thioether (sulfide) groups is 1. The molecule has 0 amide bonds. The van der Waals surface area contributed by atoms with Crippen LogP contribution in [0.3, 0.4) is 0 Å². The fraction of sp³-hybridized carbons (Fsp3) is 0.667. The van der Waals surface area contributed by atoms with Crippen LogP contribution in [-0.2, 0) is 4.79 Å². The van der Waals surface area contributed by atoms with E-state index >= 15 is 0 Å². The summed E-state index contributed by atoms with van der Waals surface area (Å²) in [5, 5.41) is 17.8. The fourth-order valence-corrected chi connectivity index (χ4v) is 1.48. The molecule has 0 aromatic carbocycles. The standard InChI is InChI=1S/C9H16O3S/c1-6(9(11)12)4-5-13-8(3)7(2)10/h4,7-8,10H,5H2,1-3H3,(H,11,12)/b6-4-. The molecule has 0 bridgehead atoms. The molecule has 0 aliphatic rings. The van der Waals surface area contributed by atoms with E-state index in [0.717, 1.165) is 0 Å². The van der Waals surface area contributed by atoms with Crippen LogP contribution in [0.2, 0.25) is 0 Å². The summed E-state index contributed by atoms with van der Waals surface area (Å²) in [5.41, 5.74) is 0.352. The largest absolute Gasteiger partial charge is 0.478 e. The smallest absolute Gasteiger partial charge is 0.330 e. The molecular weight excluding hydrogens is 188 g/mol. The minimum atomic E-state index is -0.884. The van der Waals surface area contributed by atoms with Gasteiger partial charge in [-0.3, -0.25) is 0 Å². The van der Waals surface area contributed by atoms with E-state index in [4.69, 9.17) is 10.2 Å². The lowest BCUT2D eigenvalue weighted by Gasteiger charge is -2.12. The summed E-state index contributed by atoms with van der Waals surface area (Å²) in [6.07, 6.45) is 1.30. The summed E-state index contributed by atoms with van der Waals surface area (Å²) in [6, 6.07) is 0. The topological polar surface area (TPSA) is 57.5 Å². The van der Waals surface area contributed by atoms with Crippen molar-refractivity contribution in [2.24, 2.45) is 0 Å². The molecule has 3 nitrogen and oxygen atoms in total. The van der Waals surface area contributed by atoms with Gasteiger partial charge in [0.15, 0.2) is 0 Å². The number of hydrogen-bond acceptors (Lipinski definition) is 3. The number of rotatable bonds is 5. The minimum Gasteiger partial charge on any atom is -0.478 e. The van der Waals surface area contributed by atoms with Gasteiger partial charge in [0.2, 0.25) is 0 Å². The molecule has 0 saturated heterocycles. The maximum absolute atomic E-state index is 10.4. The summed E-state index contributed by atoms with van der Waals surface area (Å²) in [6.45, 7) is 5.21. The molecule has 0 aromatic heterocycles. The first-order valence-corrected chi connectivity index (χ1v) is 5.19. The molecule has 0 heterocycles. The molecule has 2 N–H and O–H groups in total. The van der Waals surface area contributed by atoms with E-state index in [0.29, 0.717) is 11.3 Å². The second-order valence-corrected chi connectivity index (χ2v) is 4.38. The highest BCUT2D eigenvalue weighted by Crippen LogP contribution is 2.14. The molecule has 0 spiro atoms. The van der Waals surface area contributed by atoms with E-state index in [1.54, 1.807) is 31.7 Å². The van der Waals surface area contributed by atoms with Gasteiger partial charge in [0.05, 0.1) is 6.10 Å². The Morgan fingerprint density at radius 2 is 2.08 bits per heavy atom. The summed E-state index contributed by atoms with van der Waals surface area (Å²) in [4.78, 5) is 10.4. The average Bonchev–Trinajstić information content (AvgIpc) is 2.03. The van der Waals surface area contributed by atoms with Gasteiger partial charge >= 0.3 is 5.97 Å².